The Morgan fingerprint density at radius 2 is 1.93 bits per heavy atom. The fourth-order valence-electron chi connectivity index (χ4n) is 3.01. The fourth-order valence-corrected chi connectivity index (χ4v) is 3.01. The Balaban J connectivity index is 2.98. The summed E-state index contributed by atoms with van der Waals surface area (Å²) in [6, 6.07) is -0.534. The second kappa shape index (κ2) is 12.2. The molecule has 3 amide bonds. The molecule has 9 nitrogen and oxygen atoms in total. The smallest absolute Gasteiger partial charge is 0.275 e. The van der Waals surface area contributed by atoms with Crippen LogP contribution in [0.25, 0.3) is 0 Å². The van der Waals surface area contributed by atoms with Gasteiger partial charge in [0.25, 0.3) is 5.91 Å². The zero-order chi connectivity index (χ0) is 22.0. The number of nitrogens with one attached hydrogen (secondary N) is 1. The Hall–Kier alpha value is -2.42. The van der Waals surface area contributed by atoms with Crippen molar-refractivity contribution in [2.45, 2.75) is 59.9 Å². The van der Waals surface area contributed by atoms with Crippen LogP contribution in [-0.4, -0.2) is 58.0 Å². The summed E-state index contributed by atoms with van der Waals surface area (Å²) in [6.07, 6.45) is 3.81. The number of unbranched alkanes of at least 4 members (excludes halogenated alkanes) is 1. The first kappa shape index (κ1) is 24.6. The highest BCUT2D eigenvalue weighted by Crippen LogP contribution is 2.23. The van der Waals surface area contributed by atoms with Gasteiger partial charge >= 0.3 is 0 Å². The van der Waals surface area contributed by atoms with Crippen LogP contribution in [0.3, 0.4) is 0 Å². The minimum Gasteiger partial charge on any atom is -0.446 e. The molecule has 1 aromatic heterocycles. The number of hydrogen-bond acceptors (Lipinski definition) is 6. The Morgan fingerprint density at radius 3 is 2.45 bits per heavy atom. The maximum Gasteiger partial charge on any atom is 0.275 e. The molecule has 29 heavy (non-hydrogen) atoms. The second-order valence-electron chi connectivity index (χ2n) is 7.35. The van der Waals surface area contributed by atoms with E-state index in [4.69, 9.17) is 4.42 Å². The van der Waals surface area contributed by atoms with Gasteiger partial charge in [0.15, 0.2) is 5.69 Å². The van der Waals surface area contributed by atoms with Crippen LogP contribution in [-0.2, 0) is 9.59 Å². The Morgan fingerprint density at radius 1 is 1.28 bits per heavy atom. The lowest BCUT2D eigenvalue weighted by Gasteiger charge is -2.24. The van der Waals surface area contributed by atoms with E-state index in [2.05, 4.69) is 10.3 Å². The largest absolute Gasteiger partial charge is 0.446 e. The molecule has 0 aliphatic rings. The molecule has 1 rings (SSSR count). The molecule has 0 saturated carbocycles. The summed E-state index contributed by atoms with van der Waals surface area (Å²) in [5, 5.41) is 12.9. The van der Waals surface area contributed by atoms with Crippen LogP contribution in [0.5, 0.6) is 0 Å². The molecule has 0 bridgehead atoms. The number of hydrogen-bond donors (Lipinski definition) is 2. The van der Waals surface area contributed by atoms with Crippen molar-refractivity contribution in [2.75, 3.05) is 19.6 Å². The van der Waals surface area contributed by atoms with E-state index in [-0.39, 0.29) is 42.3 Å². The first-order valence-corrected chi connectivity index (χ1v) is 10.2. The number of oxazole rings is 1. The summed E-state index contributed by atoms with van der Waals surface area (Å²) in [5.41, 5.74) is 0.202. The summed E-state index contributed by atoms with van der Waals surface area (Å²) >= 11 is 0. The van der Waals surface area contributed by atoms with Crippen molar-refractivity contribution in [1.82, 2.24) is 20.3 Å². The van der Waals surface area contributed by atoms with Gasteiger partial charge in [0, 0.05) is 13.1 Å². The van der Waals surface area contributed by atoms with Gasteiger partial charge in [-0.05, 0) is 26.2 Å². The number of carbonyl (C=O) groups excluding carboxylic acids is 3. The molecule has 0 radical (unpaired) electrons. The highest BCUT2D eigenvalue weighted by Gasteiger charge is 2.29. The monoisotopic (exact) mass is 410 g/mol. The van der Waals surface area contributed by atoms with Gasteiger partial charge in [0.1, 0.15) is 12.3 Å². The number of rotatable bonds is 13. The highest BCUT2D eigenvalue weighted by atomic mass is 16.5. The minimum absolute atomic E-state index is 0.0443. The van der Waals surface area contributed by atoms with Gasteiger partial charge in [-0.2, -0.15) is 0 Å². The van der Waals surface area contributed by atoms with E-state index in [9.17, 15) is 19.6 Å². The third-order valence-corrected chi connectivity index (χ3v) is 4.83. The molecule has 0 spiro atoms. The quantitative estimate of drug-likeness (QED) is 0.293. The molecule has 9 heteroatoms. The molecule has 0 aromatic carbocycles. The van der Waals surface area contributed by atoms with Gasteiger partial charge in [-0.3, -0.25) is 19.6 Å². The van der Waals surface area contributed by atoms with Crippen molar-refractivity contribution in [1.29, 1.82) is 0 Å². The van der Waals surface area contributed by atoms with Crippen LogP contribution in [0.4, 0.5) is 0 Å². The van der Waals surface area contributed by atoms with E-state index >= 15 is 0 Å². The molecule has 1 aromatic rings. The van der Waals surface area contributed by atoms with Gasteiger partial charge < -0.3 is 14.6 Å². The van der Waals surface area contributed by atoms with Crippen molar-refractivity contribution in [3.8, 4) is 0 Å². The van der Waals surface area contributed by atoms with Crippen LogP contribution in [0.2, 0.25) is 0 Å². The summed E-state index contributed by atoms with van der Waals surface area (Å²) in [4.78, 5) is 42.0. The van der Waals surface area contributed by atoms with E-state index in [0.29, 0.717) is 24.6 Å². The topological polar surface area (TPSA) is 116 Å². The average Bonchev–Trinajstić information content (AvgIpc) is 3.19. The number of carbonyl (C=O) groups is 3. The predicted molar refractivity (Wildman–Crippen MR) is 107 cm³/mol. The molecule has 0 saturated heterocycles. The molecule has 2 N–H and O–H groups in total. The van der Waals surface area contributed by atoms with E-state index in [1.807, 2.05) is 34.6 Å². The number of aromatic nitrogens is 1. The molecule has 0 aliphatic heterocycles. The maximum absolute atomic E-state index is 12.8. The maximum atomic E-state index is 12.8. The standard InChI is InChI=1S/C20H34N4O5/c1-6-9-10-15(11-24(28)13-25)18(26)22-17(14(4)5)19-21-16(12-29-19)20(27)23(7-2)8-3/h12-15,17,28H,6-11H2,1-5H3,(H,22,26)/t15-,17+/m1/s1. The SMILES string of the molecule is CCCC[C@H](CN(O)C=O)C(=O)N[C@H](c1nc(C(=O)N(CC)CC)co1)C(C)C. The van der Waals surface area contributed by atoms with Gasteiger partial charge in [-0.25, -0.2) is 10.0 Å². The van der Waals surface area contributed by atoms with Crippen molar-refractivity contribution in [2.24, 2.45) is 11.8 Å². The van der Waals surface area contributed by atoms with Crippen LogP contribution in [0.15, 0.2) is 10.7 Å². The third kappa shape index (κ3) is 7.16. The Bertz CT molecular complexity index is 657. The number of hydroxylamine groups is 2. The predicted octanol–water partition coefficient (Wildman–Crippen LogP) is 2.62. The van der Waals surface area contributed by atoms with Crippen molar-refractivity contribution in [3.05, 3.63) is 17.8 Å². The lowest BCUT2D eigenvalue weighted by Crippen LogP contribution is -2.40. The minimum atomic E-state index is -0.557. The fraction of sp³-hybridized carbons (Fsp3) is 0.700. The summed E-state index contributed by atoms with van der Waals surface area (Å²) in [5.74, 6) is -0.862. The summed E-state index contributed by atoms with van der Waals surface area (Å²) in [6.45, 7) is 10.6. The molecular formula is C20H34N4O5. The first-order chi connectivity index (χ1) is 13.8. The first-order valence-electron chi connectivity index (χ1n) is 10.2. The van der Waals surface area contributed by atoms with Gasteiger partial charge in [-0.1, -0.05) is 33.6 Å². The van der Waals surface area contributed by atoms with E-state index in [1.165, 1.54) is 6.26 Å². The van der Waals surface area contributed by atoms with E-state index < -0.39 is 12.0 Å². The lowest BCUT2D eigenvalue weighted by molar-refractivity contribution is -0.154. The Kier molecular flexibility index (Phi) is 10.4. The van der Waals surface area contributed by atoms with E-state index in [1.54, 1.807) is 4.90 Å². The molecule has 164 valence electrons. The average molecular weight is 411 g/mol. The zero-order valence-corrected chi connectivity index (χ0v) is 18.1. The highest BCUT2D eigenvalue weighted by molar-refractivity contribution is 5.92. The number of amides is 3. The van der Waals surface area contributed by atoms with Crippen LogP contribution >= 0.6 is 0 Å². The summed E-state index contributed by atoms with van der Waals surface area (Å²) in [7, 11) is 0. The molecule has 1 heterocycles. The normalized spacial score (nSPS) is 13.1. The van der Waals surface area contributed by atoms with Crippen molar-refractivity contribution >= 4 is 18.2 Å². The van der Waals surface area contributed by atoms with Gasteiger partial charge in [0.2, 0.25) is 18.2 Å². The second-order valence-corrected chi connectivity index (χ2v) is 7.35. The van der Waals surface area contributed by atoms with Gasteiger partial charge in [0.05, 0.1) is 12.5 Å². The molecule has 0 fully saturated rings. The Labute approximate surface area is 172 Å². The van der Waals surface area contributed by atoms with E-state index in [0.717, 1.165) is 12.8 Å². The summed E-state index contributed by atoms with van der Waals surface area (Å²) < 4.78 is 5.52. The third-order valence-electron chi connectivity index (χ3n) is 4.83. The molecule has 0 unspecified atom stereocenters. The van der Waals surface area contributed by atoms with Crippen molar-refractivity contribution < 1.29 is 24.0 Å². The lowest BCUT2D eigenvalue weighted by atomic mass is 9.98. The van der Waals surface area contributed by atoms with Crippen LogP contribution in [0, 0.1) is 11.8 Å². The zero-order valence-electron chi connectivity index (χ0n) is 18.1. The van der Waals surface area contributed by atoms with Gasteiger partial charge in [-0.15, -0.1) is 0 Å². The molecular weight excluding hydrogens is 376 g/mol. The number of nitrogens with zero attached hydrogens (tertiary/aromatic N) is 3. The van der Waals surface area contributed by atoms with Crippen LogP contribution < -0.4 is 5.32 Å². The molecule has 2 atom stereocenters. The molecule has 0 aliphatic carbocycles. The van der Waals surface area contributed by atoms with Crippen LogP contribution in [0.1, 0.15) is 76.3 Å². The van der Waals surface area contributed by atoms with Crippen molar-refractivity contribution in [3.63, 3.8) is 0 Å².